The number of carbonyl (C=O) groups is 1. The first-order valence-corrected chi connectivity index (χ1v) is 13.2. The molecule has 2 unspecified atom stereocenters. The van der Waals surface area contributed by atoms with E-state index in [-0.39, 0.29) is 18.1 Å². The second-order valence-corrected chi connectivity index (χ2v) is 11.2. The van der Waals surface area contributed by atoms with Gasteiger partial charge in [-0.25, -0.2) is 13.2 Å². The number of benzene rings is 1. The Balaban J connectivity index is 2.13. The maximum atomic E-state index is 13.5. The van der Waals surface area contributed by atoms with E-state index in [9.17, 15) is 18.3 Å². The molecule has 1 aromatic rings. The number of nitrogens with zero attached hydrogens (tertiary/aromatic N) is 1. The molecule has 1 N–H and O–H groups in total. The smallest absolute Gasteiger partial charge is 0.329 e. The molecule has 0 radical (unpaired) electrons. The van der Waals surface area contributed by atoms with E-state index in [2.05, 4.69) is 20.8 Å². The summed E-state index contributed by atoms with van der Waals surface area (Å²) in [6, 6.07) is 9.79. The lowest BCUT2D eigenvalue weighted by molar-refractivity contribution is -0.147. The minimum atomic E-state index is -3.54. The molecule has 0 spiro atoms. The molecule has 2 atom stereocenters. The van der Waals surface area contributed by atoms with Gasteiger partial charge in [-0.15, -0.1) is 0 Å². The van der Waals surface area contributed by atoms with Crippen LogP contribution in [-0.4, -0.2) is 44.0 Å². The van der Waals surface area contributed by atoms with E-state index in [1.807, 2.05) is 50.3 Å². The number of rotatable bonds is 8. The van der Waals surface area contributed by atoms with E-state index in [0.717, 1.165) is 24.9 Å². The standard InChI is InChI=1S/C23H30BrNO5S/c1-3-5-11-23(30-15-22(26)27)13-20-19(12-21(23)24)25(18-9-7-6-8-10-18)14-17(4-2)16-31(20,28)29/h6-10,12,17H,3-5,11,13-16H2,1-2H3,(H,26,27). The summed E-state index contributed by atoms with van der Waals surface area (Å²) in [5, 5.41) is 9.21. The average molecular weight is 512 g/mol. The molecule has 1 heterocycles. The molecule has 1 aromatic carbocycles. The van der Waals surface area contributed by atoms with Gasteiger partial charge in [-0.05, 0) is 30.5 Å². The van der Waals surface area contributed by atoms with Gasteiger partial charge in [0.2, 0.25) is 0 Å². The minimum Gasteiger partial charge on any atom is -0.480 e. The summed E-state index contributed by atoms with van der Waals surface area (Å²) in [6.07, 6.45) is 4.96. The molecular weight excluding hydrogens is 482 g/mol. The molecule has 0 amide bonds. The van der Waals surface area contributed by atoms with Crippen LogP contribution in [0.1, 0.15) is 46.0 Å². The van der Waals surface area contributed by atoms with Crippen LogP contribution >= 0.6 is 15.9 Å². The van der Waals surface area contributed by atoms with Gasteiger partial charge >= 0.3 is 5.97 Å². The number of carboxylic acids is 1. The molecule has 0 saturated heterocycles. The lowest BCUT2D eigenvalue weighted by atomic mass is 9.87. The minimum absolute atomic E-state index is 0.00652. The molecule has 170 valence electrons. The summed E-state index contributed by atoms with van der Waals surface area (Å²) in [5.74, 6) is -0.996. The van der Waals surface area contributed by atoms with Gasteiger partial charge in [0.1, 0.15) is 12.2 Å². The summed E-state index contributed by atoms with van der Waals surface area (Å²) < 4.78 is 33.6. The molecule has 3 rings (SSSR count). The zero-order valence-corrected chi connectivity index (χ0v) is 20.4. The van der Waals surface area contributed by atoms with Crippen molar-refractivity contribution in [2.24, 2.45) is 5.92 Å². The summed E-state index contributed by atoms with van der Waals surface area (Å²) in [4.78, 5) is 13.7. The van der Waals surface area contributed by atoms with E-state index in [4.69, 9.17) is 4.74 Å². The average Bonchev–Trinajstić information content (AvgIpc) is 2.85. The number of unbranched alkanes of at least 4 members (excludes halogenated alkanes) is 1. The van der Waals surface area contributed by atoms with Gasteiger partial charge in [-0.2, -0.15) is 0 Å². The molecule has 0 saturated carbocycles. The lowest BCUT2D eigenvalue weighted by Gasteiger charge is -2.39. The van der Waals surface area contributed by atoms with Gasteiger partial charge in [-0.3, -0.25) is 0 Å². The van der Waals surface area contributed by atoms with Gasteiger partial charge < -0.3 is 14.7 Å². The zero-order chi connectivity index (χ0) is 22.6. The Hall–Kier alpha value is -1.64. The second-order valence-electron chi connectivity index (χ2n) is 8.26. The van der Waals surface area contributed by atoms with Crippen molar-refractivity contribution < 1.29 is 23.1 Å². The van der Waals surface area contributed by atoms with Crippen molar-refractivity contribution in [2.75, 3.05) is 23.8 Å². The van der Waals surface area contributed by atoms with Gasteiger partial charge in [0.25, 0.3) is 0 Å². The predicted molar refractivity (Wildman–Crippen MR) is 126 cm³/mol. The normalized spacial score (nSPS) is 25.6. The fourth-order valence-electron chi connectivity index (χ4n) is 4.25. The number of hydrogen-bond acceptors (Lipinski definition) is 5. The van der Waals surface area contributed by atoms with Gasteiger partial charge in [-0.1, -0.05) is 67.2 Å². The first kappa shape index (κ1) is 24.0. The number of ether oxygens (including phenoxy) is 1. The summed E-state index contributed by atoms with van der Waals surface area (Å²) in [7, 11) is -3.54. The number of aliphatic carboxylic acids is 1. The molecule has 0 bridgehead atoms. The highest BCUT2D eigenvalue weighted by molar-refractivity contribution is 9.11. The molecule has 0 aromatic heterocycles. The Bertz CT molecular complexity index is 973. The molecule has 8 heteroatoms. The predicted octanol–water partition coefficient (Wildman–Crippen LogP) is 4.87. The van der Waals surface area contributed by atoms with E-state index in [0.29, 0.717) is 28.1 Å². The van der Waals surface area contributed by atoms with E-state index >= 15 is 0 Å². The van der Waals surface area contributed by atoms with Crippen molar-refractivity contribution in [1.82, 2.24) is 0 Å². The fraction of sp³-hybridized carbons (Fsp3) is 0.522. The van der Waals surface area contributed by atoms with Gasteiger partial charge in [0, 0.05) is 23.1 Å². The Morgan fingerprint density at radius 2 is 2.00 bits per heavy atom. The van der Waals surface area contributed by atoms with Gasteiger partial charge in [0.15, 0.2) is 9.84 Å². The highest BCUT2D eigenvalue weighted by Crippen LogP contribution is 2.47. The van der Waals surface area contributed by atoms with Crippen molar-refractivity contribution in [2.45, 2.75) is 51.6 Å². The second kappa shape index (κ2) is 9.88. The number of para-hydroxylation sites is 1. The highest BCUT2D eigenvalue weighted by Gasteiger charge is 2.45. The summed E-state index contributed by atoms with van der Waals surface area (Å²) in [6.45, 7) is 4.19. The third-order valence-electron chi connectivity index (χ3n) is 6.04. The number of carboxylic acid groups (broad SMARTS) is 1. The number of allylic oxidation sites excluding steroid dienone is 1. The van der Waals surface area contributed by atoms with Crippen LogP contribution in [0.25, 0.3) is 0 Å². The van der Waals surface area contributed by atoms with E-state index in [1.54, 1.807) is 0 Å². The van der Waals surface area contributed by atoms with Crippen molar-refractivity contribution in [3.8, 4) is 0 Å². The monoisotopic (exact) mass is 511 g/mol. The Morgan fingerprint density at radius 1 is 1.29 bits per heavy atom. The molecular formula is C23H30BrNO5S. The van der Waals surface area contributed by atoms with Crippen LogP contribution in [0.4, 0.5) is 5.69 Å². The zero-order valence-electron chi connectivity index (χ0n) is 18.0. The van der Waals surface area contributed by atoms with Crippen molar-refractivity contribution in [3.63, 3.8) is 0 Å². The number of halogens is 1. The van der Waals surface area contributed by atoms with Crippen LogP contribution in [-0.2, 0) is 19.4 Å². The van der Waals surface area contributed by atoms with Gasteiger partial charge in [0.05, 0.1) is 16.4 Å². The highest BCUT2D eigenvalue weighted by atomic mass is 79.9. The Kier molecular flexibility index (Phi) is 7.65. The van der Waals surface area contributed by atoms with Crippen molar-refractivity contribution >= 4 is 37.4 Å². The first-order chi connectivity index (χ1) is 14.7. The largest absolute Gasteiger partial charge is 0.480 e. The Morgan fingerprint density at radius 3 is 2.61 bits per heavy atom. The first-order valence-electron chi connectivity index (χ1n) is 10.7. The van der Waals surface area contributed by atoms with E-state index < -0.39 is 28.0 Å². The fourth-order valence-corrected chi connectivity index (χ4v) is 7.02. The van der Waals surface area contributed by atoms with Crippen LogP contribution < -0.4 is 4.90 Å². The SMILES string of the molecule is CCCCC1(OCC(=O)O)CC2=C(C=C1Br)N(c1ccccc1)CC(CC)CS2(=O)=O. The number of hydrogen-bond donors (Lipinski definition) is 1. The molecule has 2 aliphatic rings. The molecule has 0 fully saturated rings. The van der Waals surface area contributed by atoms with Crippen LogP contribution in [0.2, 0.25) is 0 Å². The van der Waals surface area contributed by atoms with Crippen LogP contribution in [0.3, 0.4) is 0 Å². The maximum Gasteiger partial charge on any atom is 0.329 e. The topological polar surface area (TPSA) is 83.9 Å². The molecule has 31 heavy (non-hydrogen) atoms. The summed E-state index contributed by atoms with van der Waals surface area (Å²) >= 11 is 3.64. The number of anilines is 1. The lowest BCUT2D eigenvalue weighted by Crippen LogP contribution is -2.40. The molecule has 1 aliphatic carbocycles. The van der Waals surface area contributed by atoms with E-state index in [1.165, 1.54) is 0 Å². The number of sulfone groups is 1. The van der Waals surface area contributed by atoms with Crippen LogP contribution in [0.5, 0.6) is 0 Å². The third kappa shape index (κ3) is 5.23. The Labute approximate surface area is 193 Å². The molecule has 1 aliphatic heterocycles. The van der Waals surface area contributed by atoms with Crippen molar-refractivity contribution in [1.29, 1.82) is 0 Å². The summed E-state index contributed by atoms with van der Waals surface area (Å²) in [5.41, 5.74) is 0.601. The molecule has 6 nitrogen and oxygen atoms in total. The maximum absolute atomic E-state index is 13.5. The quantitative estimate of drug-likeness (QED) is 0.535. The third-order valence-corrected chi connectivity index (χ3v) is 9.01. The van der Waals surface area contributed by atoms with Crippen LogP contribution in [0.15, 0.2) is 51.5 Å². The van der Waals surface area contributed by atoms with Crippen molar-refractivity contribution in [3.05, 3.63) is 51.5 Å². The van der Waals surface area contributed by atoms with Crippen LogP contribution in [0, 0.1) is 5.92 Å².